The molecule has 1 aliphatic rings. The molecule has 1 aliphatic carbocycles. The standard InChI is InChI=1S/C31H38N2O6/c1-21-10-8-11-22(18-21)15-16-33(31(35)25-14-9-17-39-25)28(30(34)32-24-12-6-5-7-13-24)23-19-26(36-2)29(38-4)27(20-23)37-3/h8-11,14,17-20,24,28H,5-7,12-13,15-16H2,1-4H3,(H,32,34)/t28-/m0/s1. The monoisotopic (exact) mass is 534 g/mol. The van der Waals surface area contributed by atoms with Crippen molar-refractivity contribution in [3.8, 4) is 17.2 Å². The smallest absolute Gasteiger partial charge is 0.290 e. The molecule has 0 unspecified atom stereocenters. The summed E-state index contributed by atoms with van der Waals surface area (Å²) in [5.74, 6) is 0.782. The molecule has 39 heavy (non-hydrogen) atoms. The van der Waals surface area contributed by atoms with Crippen molar-refractivity contribution < 1.29 is 28.2 Å². The molecule has 3 aromatic rings. The molecule has 0 bridgehead atoms. The molecule has 1 heterocycles. The van der Waals surface area contributed by atoms with Gasteiger partial charge >= 0.3 is 0 Å². The van der Waals surface area contributed by atoms with Crippen LogP contribution in [0, 0.1) is 6.92 Å². The van der Waals surface area contributed by atoms with Crippen molar-refractivity contribution >= 4 is 11.8 Å². The zero-order valence-electron chi connectivity index (χ0n) is 23.2. The number of hydrogen-bond acceptors (Lipinski definition) is 6. The van der Waals surface area contributed by atoms with Crippen LogP contribution in [0.2, 0.25) is 0 Å². The lowest BCUT2D eigenvalue weighted by Crippen LogP contribution is -2.47. The number of ether oxygens (including phenoxy) is 3. The third-order valence-corrected chi connectivity index (χ3v) is 7.23. The van der Waals surface area contributed by atoms with Crippen LogP contribution in [0.3, 0.4) is 0 Å². The zero-order valence-corrected chi connectivity index (χ0v) is 23.2. The maximum Gasteiger partial charge on any atom is 0.290 e. The van der Waals surface area contributed by atoms with Gasteiger partial charge in [-0.15, -0.1) is 0 Å². The van der Waals surface area contributed by atoms with E-state index in [0.29, 0.717) is 35.8 Å². The van der Waals surface area contributed by atoms with Gasteiger partial charge in [-0.2, -0.15) is 0 Å². The van der Waals surface area contributed by atoms with E-state index in [1.165, 1.54) is 34.0 Å². The van der Waals surface area contributed by atoms with Crippen molar-refractivity contribution in [3.05, 3.63) is 77.2 Å². The molecule has 1 N–H and O–H groups in total. The third-order valence-electron chi connectivity index (χ3n) is 7.23. The molecule has 2 amide bonds. The van der Waals surface area contributed by atoms with Crippen LogP contribution < -0.4 is 19.5 Å². The number of methoxy groups -OCH3 is 3. The maximum absolute atomic E-state index is 14.1. The first-order valence-electron chi connectivity index (χ1n) is 13.5. The Kier molecular flexibility index (Phi) is 9.52. The van der Waals surface area contributed by atoms with Gasteiger partial charge in [0.05, 0.1) is 27.6 Å². The number of aryl methyl sites for hydroxylation is 1. The summed E-state index contributed by atoms with van der Waals surface area (Å²) in [7, 11) is 4.59. The topological polar surface area (TPSA) is 90.2 Å². The zero-order chi connectivity index (χ0) is 27.8. The van der Waals surface area contributed by atoms with Crippen LogP contribution in [-0.2, 0) is 11.2 Å². The van der Waals surface area contributed by atoms with E-state index in [1.54, 1.807) is 29.2 Å². The van der Waals surface area contributed by atoms with Crippen molar-refractivity contribution in [3.63, 3.8) is 0 Å². The summed E-state index contributed by atoms with van der Waals surface area (Å²) >= 11 is 0. The molecule has 1 saturated carbocycles. The first-order valence-corrected chi connectivity index (χ1v) is 13.5. The Morgan fingerprint density at radius 1 is 0.974 bits per heavy atom. The Morgan fingerprint density at radius 2 is 1.69 bits per heavy atom. The molecule has 1 aromatic heterocycles. The second-order valence-corrected chi connectivity index (χ2v) is 9.92. The molecule has 8 nitrogen and oxygen atoms in total. The van der Waals surface area contributed by atoms with Gasteiger partial charge in [0.2, 0.25) is 11.7 Å². The van der Waals surface area contributed by atoms with Gasteiger partial charge in [-0.25, -0.2) is 0 Å². The molecule has 1 atom stereocenters. The van der Waals surface area contributed by atoms with E-state index in [0.717, 1.165) is 36.8 Å². The second-order valence-electron chi connectivity index (χ2n) is 9.92. The van der Waals surface area contributed by atoms with Crippen molar-refractivity contribution in [1.29, 1.82) is 0 Å². The fourth-order valence-corrected chi connectivity index (χ4v) is 5.27. The van der Waals surface area contributed by atoms with Crippen LogP contribution in [0.25, 0.3) is 0 Å². The minimum atomic E-state index is -0.956. The lowest BCUT2D eigenvalue weighted by Gasteiger charge is -2.33. The van der Waals surface area contributed by atoms with E-state index in [1.807, 2.05) is 25.1 Å². The number of carbonyl (C=O) groups excluding carboxylic acids is 2. The number of hydrogen-bond donors (Lipinski definition) is 1. The average Bonchev–Trinajstić information content (AvgIpc) is 3.50. The first kappa shape index (κ1) is 28.1. The summed E-state index contributed by atoms with van der Waals surface area (Å²) < 4.78 is 22.2. The summed E-state index contributed by atoms with van der Waals surface area (Å²) in [6.07, 6.45) is 7.17. The molecule has 1 fully saturated rings. The summed E-state index contributed by atoms with van der Waals surface area (Å²) in [6, 6.07) is 14.0. The number of nitrogens with one attached hydrogen (secondary N) is 1. The summed E-state index contributed by atoms with van der Waals surface area (Å²) in [6.45, 7) is 2.33. The molecule has 0 radical (unpaired) electrons. The highest BCUT2D eigenvalue weighted by atomic mass is 16.5. The number of rotatable bonds is 11. The highest BCUT2D eigenvalue weighted by Crippen LogP contribution is 2.41. The second kappa shape index (κ2) is 13.2. The van der Waals surface area contributed by atoms with E-state index in [4.69, 9.17) is 18.6 Å². The van der Waals surface area contributed by atoms with E-state index >= 15 is 0 Å². The van der Waals surface area contributed by atoms with Gasteiger partial charge < -0.3 is 28.8 Å². The van der Waals surface area contributed by atoms with E-state index < -0.39 is 6.04 Å². The van der Waals surface area contributed by atoms with Crippen molar-refractivity contribution in [2.75, 3.05) is 27.9 Å². The third kappa shape index (κ3) is 6.74. The first-order chi connectivity index (χ1) is 18.9. The van der Waals surface area contributed by atoms with Crippen LogP contribution in [0.4, 0.5) is 0 Å². The summed E-state index contributed by atoms with van der Waals surface area (Å²) in [5, 5.41) is 3.23. The van der Waals surface area contributed by atoms with Crippen LogP contribution in [0.1, 0.15) is 65.4 Å². The molecule has 208 valence electrons. The summed E-state index contributed by atoms with van der Waals surface area (Å²) in [4.78, 5) is 29.6. The van der Waals surface area contributed by atoms with Gasteiger partial charge in [0.1, 0.15) is 6.04 Å². The van der Waals surface area contributed by atoms with Crippen LogP contribution >= 0.6 is 0 Å². The van der Waals surface area contributed by atoms with Crippen LogP contribution in [-0.4, -0.2) is 50.6 Å². The predicted octanol–water partition coefficient (Wildman–Crippen LogP) is 5.49. The van der Waals surface area contributed by atoms with E-state index in [9.17, 15) is 9.59 Å². The molecule has 0 spiro atoms. The predicted molar refractivity (Wildman–Crippen MR) is 148 cm³/mol. The van der Waals surface area contributed by atoms with Gasteiger partial charge in [-0.3, -0.25) is 9.59 Å². The fourth-order valence-electron chi connectivity index (χ4n) is 5.27. The maximum atomic E-state index is 14.1. The Balaban J connectivity index is 1.79. The molecular formula is C31H38N2O6. The van der Waals surface area contributed by atoms with Crippen molar-refractivity contribution in [2.24, 2.45) is 0 Å². The fraction of sp³-hybridized carbons (Fsp3) is 0.419. The Labute approximate surface area is 230 Å². The SMILES string of the molecule is COc1cc([C@@H](C(=O)NC2CCCCC2)N(CCc2cccc(C)c2)C(=O)c2ccco2)cc(OC)c1OC. The molecule has 4 rings (SSSR count). The molecule has 2 aromatic carbocycles. The van der Waals surface area contributed by atoms with Gasteiger partial charge in [-0.1, -0.05) is 49.1 Å². The largest absolute Gasteiger partial charge is 0.493 e. The van der Waals surface area contributed by atoms with E-state index in [-0.39, 0.29) is 23.6 Å². The lowest BCUT2D eigenvalue weighted by atomic mass is 9.94. The minimum absolute atomic E-state index is 0.0631. The number of benzene rings is 2. The Hall–Kier alpha value is -3.94. The summed E-state index contributed by atoms with van der Waals surface area (Å²) in [5.41, 5.74) is 2.76. The molecule has 0 saturated heterocycles. The highest BCUT2D eigenvalue weighted by molar-refractivity contribution is 5.96. The number of furan rings is 1. The Morgan fingerprint density at radius 3 is 2.28 bits per heavy atom. The van der Waals surface area contributed by atoms with Crippen LogP contribution in [0.5, 0.6) is 17.2 Å². The quantitative estimate of drug-likeness (QED) is 0.350. The van der Waals surface area contributed by atoms with Crippen molar-refractivity contribution in [1.82, 2.24) is 10.2 Å². The lowest BCUT2D eigenvalue weighted by molar-refractivity contribution is -0.126. The van der Waals surface area contributed by atoms with Crippen LogP contribution in [0.15, 0.2) is 59.2 Å². The molecule has 8 heteroatoms. The van der Waals surface area contributed by atoms with Gasteiger partial charge in [0.15, 0.2) is 17.3 Å². The molecule has 0 aliphatic heterocycles. The molecular weight excluding hydrogens is 496 g/mol. The van der Waals surface area contributed by atoms with Gasteiger partial charge in [0.25, 0.3) is 5.91 Å². The highest BCUT2D eigenvalue weighted by Gasteiger charge is 2.35. The number of nitrogens with zero attached hydrogens (tertiary/aromatic N) is 1. The van der Waals surface area contributed by atoms with E-state index in [2.05, 4.69) is 11.4 Å². The number of amides is 2. The number of carbonyl (C=O) groups is 2. The Bertz CT molecular complexity index is 1220. The van der Waals surface area contributed by atoms with Gasteiger partial charge in [0, 0.05) is 12.6 Å². The van der Waals surface area contributed by atoms with Gasteiger partial charge in [-0.05, 0) is 61.6 Å². The average molecular weight is 535 g/mol. The minimum Gasteiger partial charge on any atom is -0.493 e. The van der Waals surface area contributed by atoms with Crippen molar-refractivity contribution in [2.45, 2.75) is 57.5 Å². The normalized spacial score (nSPS) is 14.4.